The minimum absolute atomic E-state index is 0. The first-order chi connectivity index (χ1) is 17.6. The Morgan fingerprint density at radius 1 is 0.865 bits per heavy atom. The van der Waals surface area contributed by atoms with Crippen molar-refractivity contribution in [3.05, 3.63) is 0 Å². The minimum Gasteiger partial charge on any atom is -0.377 e. The predicted molar refractivity (Wildman–Crippen MR) is 147 cm³/mol. The van der Waals surface area contributed by atoms with Gasteiger partial charge in [-0.2, -0.15) is 11.8 Å². The Morgan fingerprint density at radius 2 is 1.51 bits per heavy atom. The van der Waals surface area contributed by atoms with Gasteiger partial charge in [0.25, 0.3) is 0 Å². The van der Waals surface area contributed by atoms with Crippen LogP contribution in [0.5, 0.6) is 0 Å². The Bertz CT molecular complexity index is 653. The fourth-order valence-corrected chi connectivity index (χ4v) is 5.48. The third-order valence-corrected chi connectivity index (χ3v) is 7.32. The van der Waals surface area contributed by atoms with Gasteiger partial charge in [0, 0.05) is 37.1 Å². The molecule has 0 unspecified atom stereocenters. The normalized spacial score (nSPS) is 19.9. The van der Waals surface area contributed by atoms with E-state index in [-0.39, 0.29) is 42.5 Å². The highest BCUT2D eigenvalue weighted by atomic mass is 35.5. The van der Waals surface area contributed by atoms with E-state index in [2.05, 4.69) is 31.9 Å². The molecule has 2 rings (SSSR count). The number of halogens is 1. The summed E-state index contributed by atoms with van der Waals surface area (Å²) in [5, 5.41) is 17.8. The molecule has 0 aromatic rings. The summed E-state index contributed by atoms with van der Waals surface area (Å²) in [7, 11) is 1.88. The number of hydrogen-bond acceptors (Lipinski definition) is 8. The van der Waals surface area contributed by atoms with Crippen LogP contribution in [-0.4, -0.2) is 114 Å². The molecule has 2 aliphatic rings. The first kappa shape index (κ1) is 33.5. The molecule has 14 heteroatoms. The third-order valence-electron chi connectivity index (χ3n) is 5.81. The number of rotatable bonds is 21. The summed E-state index contributed by atoms with van der Waals surface area (Å²) in [6.45, 7) is 5.14. The highest BCUT2D eigenvalue weighted by molar-refractivity contribution is 8.00. The summed E-state index contributed by atoms with van der Waals surface area (Å²) in [6.07, 6.45) is 4.24. The molecule has 2 heterocycles. The lowest BCUT2D eigenvalue weighted by Gasteiger charge is -2.16. The van der Waals surface area contributed by atoms with Crippen molar-refractivity contribution in [1.29, 1.82) is 0 Å². The lowest BCUT2D eigenvalue weighted by molar-refractivity contribution is -0.121. The summed E-state index contributed by atoms with van der Waals surface area (Å²) >= 11 is 1.90. The monoisotopic (exact) mass is 568 g/mol. The van der Waals surface area contributed by atoms with E-state index >= 15 is 0 Å². The number of fused-ring (bicyclic) bond motifs is 1. The Kier molecular flexibility index (Phi) is 19.4. The molecule has 0 radical (unpaired) electrons. The van der Waals surface area contributed by atoms with E-state index in [4.69, 9.17) is 14.2 Å². The van der Waals surface area contributed by atoms with E-state index < -0.39 is 0 Å². The van der Waals surface area contributed by atoms with E-state index in [1.165, 1.54) is 0 Å². The average Bonchev–Trinajstić information content (AvgIpc) is 3.41. The second kappa shape index (κ2) is 21.4. The van der Waals surface area contributed by atoms with Gasteiger partial charge in [-0.3, -0.25) is 4.79 Å². The molecule has 3 atom stereocenters. The van der Waals surface area contributed by atoms with Crippen molar-refractivity contribution < 1.29 is 28.6 Å². The first-order valence-corrected chi connectivity index (χ1v) is 14.0. The molecule has 12 nitrogen and oxygen atoms in total. The van der Waals surface area contributed by atoms with Crippen molar-refractivity contribution in [3.63, 3.8) is 0 Å². The maximum Gasteiger partial charge on any atom is 0.315 e. The smallest absolute Gasteiger partial charge is 0.315 e. The summed E-state index contributed by atoms with van der Waals surface area (Å²) in [5.41, 5.74) is 0. The SMILES string of the molecule is CNCCCNC(=O)NCCOCCOCCOCCNC(=O)CCCC[C@@H]1SC[C@@H]2NC(=O)N[C@@H]21.Cl. The maximum atomic E-state index is 11.9. The van der Waals surface area contributed by atoms with Gasteiger partial charge in [-0.25, -0.2) is 9.59 Å². The van der Waals surface area contributed by atoms with Crippen LogP contribution in [0.1, 0.15) is 32.1 Å². The van der Waals surface area contributed by atoms with Crippen LogP contribution in [-0.2, 0) is 19.0 Å². The third kappa shape index (κ3) is 15.5. The summed E-state index contributed by atoms with van der Waals surface area (Å²) < 4.78 is 16.3. The summed E-state index contributed by atoms with van der Waals surface area (Å²) in [5.74, 6) is 1.00. The molecule has 216 valence electrons. The minimum atomic E-state index is -0.185. The van der Waals surface area contributed by atoms with Gasteiger partial charge in [-0.1, -0.05) is 6.42 Å². The van der Waals surface area contributed by atoms with Crippen LogP contribution >= 0.6 is 24.2 Å². The largest absolute Gasteiger partial charge is 0.377 e. The van der Waals surface area contributed by atoms with Gasteiger partial charge < -0.3 is 46.1 Å². The Morgan fingerprint density at radius 3 is 2.22 bits per heavy atom. The molecule has 2 fully saturated rings. The fourth-order valence-electron chi connectivity index (χ4n) is 3.93. The summed E-state index contributed by atoms with van der Waals surface area (Å²) in [6, 6.07) is 0.234. The number of amides is 5. The lowest BCUT2D eigenvalue weighted by Crippen LogP contribution is -2.38. The lowest BCUT2D eigenvalue weighted by atomic mass is 10.0. The van der Waals surface area contributed by atoms with Gasteiger partial charge in [0.2, 0.25) is 5.91 Å². The molecule has 0 aliphatic carbocycles. The molecule has 37 heavy (non-hydrogen) atoms. The number of thioether (sulfide) groups is 1. The fraction of sp³-hybridized carbons (Fsp3) is 0.870. The predicted octanol–water partition coefficient (Wildman–Crippen LogP) is 0.209. The van der Waals surface area contributed by atoms with Crippen LogP contribution in [0.4, 0.5) is 9.59 Å². The van der Waals surface area contributed by atoms with Gasteiger partial charge >= 0.3 is 12.1 Å². The number of urea groups is 2. The molecule has 0 spiro atoms. The van der Waals surface area contributed by atoms with Crippen LogP contribution < -0.4 is 31.9 Å². The van der Waals surface area contributed by atoms with Gasteiger partial charge in [-0.05, 0) is 32.9 Å². The average molecular weight is 569 g/mol. The number of nitrogens with one attached hydrogen (secondary N) is 6. The van der Waals surface area contributed by atoms with E-state index in [1.807, 2.05) is 18.8 Å². The number of unbranched alkanes of at least 4 members (excludes halogenated alkanes) is 1. The summed E-state index contributed by atoms with van der Waals surface area (Å²) in [4.78, 5) is 34.9. The van der Waals surface area contributed by atoms with Crippen LogP contribution in [0.2, 0.25) is 0 Å². The second-order valence-corrected chi connectivity index (χ2v) is 9.97. The topological polar surface area (TPSA) is 151 Å². The number of hydrogen-bond donors (Lipinski definition) is 6. The number of carbonyl (C=O) groups excluding carboxylic acids is 3. The molecule has 5 amide bonds. The standard InChI is InChI=1S/C23H44N6O6S.ClH/c1-24-7-4-8-26-22(31)27-10-12-34-14-16-35-15-13-33-11-9-25-20(30)6-3-2-5-19-21-18(17-36-19)28-23(32)29-21;/h18-19,21,24H,2-17H2,1H3,(H,25,30)(H2,26,27,31)(H2,28,29,32);1H/t18-,19-,21-;/m0./s1. The van der Waals surface area contributed by atoms with E-state index in [9.17, 15) is 14.4 Å². The quantitative estimate of drug-likeness (QED) is 0.0849. The van der Waals surface area contributed by atoms with Crippen LogP contribution in [0.25, 0.3) is 0 Å². The second-order valence-electron chi connectivity index (χ2n) is 8.69. The first-order valence-electron chi connectivity index (χ1n) is 12.9. The van der Waals surface area contributed by atoms with E-state index in [0.29, 0.717) is 70.9 Å². The van der Waals surface area contributed by atoms with Crippen molar-refractivity contribution in [2.75, 3.05) is 78.6 Å². The maximum absolute atomic E-state index is 11.9. The van der Waals surface area contributed by atoms with Crippen molar-refractivity contribution in [2.24, 2.45) is 0 Å². The molecular formula is C23H45ClN6O6S. The zero-order chi connectivity index (χ0) is 25.8. The zero-order valence-corrected chi connectivity index (χ0v) is 23.4. The number of carbonyl (C=O) groups is 3. The van der Waals surface area contributed by atoms with Crippen LogP contribution in [0, 0.1) is 0 Å². The van der Waals surface area contributed by atoms with Crippen molar-refractivity contribution >= 4 is 42.1 Å². The molecule has 2 aliphatic heterocycles. The van der Waals surface area contributed by atoms with Gasteiger partial charge in [-0.15, -0.1) is 12.4 Å². The Hall–Kier alpha value is -1.51. The molecule has 0 saturated carbocycles. The highest BCUT2D eigenvalue weighted by Gasteiger charge is 2.42. The van der Waals surface area contributed by atoms with Gasteiger partial charge in [0.1, 0.15) is 0 Å². The van der Waals surface area contributed by atoms with E-state index in [0.717, 1.165) is 38.0 Å². The molecular weight excluding hydrogens is 524 g/mol. The van der Waals surface area contributed by atoms with Crippen molar-refractivity contribution in [3.8, 4) is 0 Å². The Labute approximate surface area is 230 Å². The molecule has 0 aromatic heterocycles. The van der Waals surface area contributed by atoms with E-state index in [1.54, 1.807) is 0 Å². The van der Waals surface area contributed by atoms with Gasteiger partial charge in [0.05, 0.1) is 51.7 Å². The van der Waals surface area contributed by atoms with Crippen molar-refractivity contribution in [1.82, 2.24) is 31.9 Å². The van der Waals surface area contributed by atoms with Crippen LogP contribution in [0.15, 0.2) is 0 Å². The Balaban J connectivity index is 0.00000684. The van der Waals surface area contributed by atoms with Crippen molar-refractivity contribution in [2.45, 2.75) is 49.4 Å². The molecule has 0 bridgehead atoms. The molecule has 6 N–H and O–H groups in total. The molecule has 0 aromatic carbocycles. The molecule has 2 saturated heterocycles. The highest BCUT2D eigenvalue weighted by Crippen LogP contribution is 2.33. The number of ether oxygens (including phenoxy) is 3. The van der Waals surface area contributed by atoms with Gasteiger partial charge in [0.15, 0.2) is 0 Å². The van der Waals surface area contributed by atoms with Crippen LogP contribution in [0.3, 0.4) is 0 Å². The zero-order valence-electron chi connectivity index (χ0n) is 21.8.